The van der Waals surface area contributed by atoms with Crippen molar-refractivity contribution in [1.82, 2.24) is 16.0 Å². The largest absolute Gasteiger partial charge is 0.480 e. The van der Waals surface area contributed by atoms with Crippen LogP contribution in [0.2, 0.25) is 0 Å². The lowest BCUT2D eigenvalue weighted by Crippen LogP contribution is -2.60. The molecule has 9 N–H and O–H groups in total. The highest BCUT2D eigenvalue weighted by Crippen LogP contribution is 2.07. The van der Waals surface area contributed by atoms with Gasteiger partial charge in [-0.05, 0) is 26.3 Å². The van der Waals surface area contributed by atoms with Crippen LogP contribution in [0.15, 0.2) is 0 Å². The molecule has 0 fully saturated rings. The standard InChI is InChI=1S/C20H39N5O6/c1-3-4-5-6-7-8-9-16(27)23-14(10-11-21)18(28)25-17(13(2)26)19(29)24-15(12-22)20(30)31/h13-15,17,26H,3-12,21-22H2,1-2H3,(H,23,27)(H,24,29)(H,25,28)(H,30,31)/t13-,14+,15+,17+/m1/s1. The maximum Gasteiger partial charge on any atom is 0.327 e. The molecule has 0 aromatic heterocycles. The number of aliphatic carboxylic acids is 1. The lowest BCUT2D eigenvalue weighted by atomic mass is 10.1. The SMILES string of the molecule is CCCCCCCCC(=O)N[C@@H](CCN)C(=O)N[C@H](C(=O)N[C@@H](CN)C(=O)O)[C@@H](C)O. The zero-order valence-corrected chi connectivity index (χ0v) is 18.6. The van der Waals surface area contributed by atoms with Crippen LogP contribution in [-0.2, 0) is 19.2 Å². The summed E-state index contributed by atoms with van der Waals surface area (Å²) in [5.74, 6) is -3.22. The Bertz CT molecular complexity index is 572. The number of carboxylic acid groups (broad SMARTS) is 1. The van der Waals surface area contributed by atoms with E-state index in [9.17, 15) is 24.3 Å². The van der Waals surface area contributed by atoms with Crippen molar-refractivity contribution in [1.29, 1.82) is 0 Å². The van der Waals surface area contributed by atoms with Gasteiger partial charge in [-0.15, -0.1) is 0 Å². The van der Waals surface area contributed by atoms with Gasteiger partial charge in [0.25, 0.3) is 0 Å². The van der Waals surface area contributed by atoms with Crippen LogP contribution in [0, 0.1) is 0 Å². The van der Waals surface area contributed by atoms with Gasteiger partial charge in [0.2, 0.25) is 17.7 Å². The molecule has 0 bridgehead atoms. The molecule has 0 aromatic carbocycles. The van der Waals surface area contributed by atoms with Crippen molar-refractivity contribution >= 4 is 23.7 Å². The van der Waals surface area contributed by atoms with E-state index in [1.54, 1.807) is 0 Å². The molecule has 11 nitrogen and oxygen atoms in total. The average molecular weight is 446 g/mol. The fourth-order valence-corrected chi connectivity index (χ4v) is 2.91. The molecule has 11 heteroatoms. The minimum Gasteiger partial charge on any atom is -0.480 e. The van der Waals surface area contributed by atoms with Crippen molar-refractivity contribution in [2.45, 2.75) is 89.4 Å². The molecule has 0 heterocycles. The molecular weight excluding hydrogens is 406 g/mol. The van der Waals surface area contributed by atoms with E-state index in [2.05, 4.69) is 22.9 Å². The van der Waals surface area contributed by atoms with Crippen molar-refractivity contribution in [3.63, 3.8) is 0 Å². The lowest BCUT2D eigenvalue weighted by Gasteiger charge is -2.25. The Kier molecular flexibility index (Phi) is 15.3. The van der Waals surface area contributed by atoms with Crippen LogP contribution in [0.5, 0.6) is 0 Å². The van der Waals surface area contributed by atoms with Crippen LogP contribution >= 0.6 is 0 Å². The monoisotopic (exact) mass is 445 g/mol. The first-order valence-electron chi connectivity index (χ1n) is 10.9. The Balaban J connectivity index is 4.84. The Morgan fingerprint density at radius 1 is 0.871 bits per heavy atom. The van der Waals surface area contributed by atoms with E-state index in [0.29, 0.717) is 6.42 Å². The first kappa shape index (κ1) is 28.8. The number of carbonyl (C=O) groups is 4. The van der Waals surface area contributed by atoms with Gasteiger partial charge in [0, 0.05) is 13.0 Å². The summed E-state index contributed by atoms with van der Waals surface area (Å²) >= 11 is 0. The number of rotatable bonds is 17. The smallest absolute Gasteiger partial charge is 0.327 e. The molecule has 4 atom stereocenters. The number of aliphatic hydroxyl groups is 1. The minimum absolute atomic E-state index is 0.120. The molecule has 0 aliphatic carbocycles. The summed E-state index contributed by atoms with van der Waals surface area (Å²) in [6.45, 7) is 3.17. The molecule has 3 amide bonds. The molecule has 0 radical (unpaired) electrons. The van der Waals surface area contributed by atoms with Crippen LogP contribution in [0.4, 0.5) is 0 Å². The van der Waals surface area contributed by atoms with Gasteiger partial charge < -0.3 is 37.6 Å². The van der Waals surface area contributed by atoms with E-state index in [1.165, 1.54) is 13.3 Å². The van der Waals surface area contributed by atoms with Crippen molar-refractivity contribution in [2.75, 3.05) is 13.1 Å². The quantitative estimate of drug-likeness (QED) is 0.138. The van der Waals surface area contributed by atoms with Gasteiger partial charge in [0.15, 0.2) is 0 Å². The summed E-state index contributed by atoms with van der Waals surface area (Å²) in [5, 5.41) is 26.0. The fraction of sp³-hybridized carbons (Fsp3) is 0.800. The Labute approximate surface area is 183 Å². The van der Waals surface area contributed by atoms with Crippen LogP contribution in [0.1, 0.15) is 65.2 Å². The molecule has 0 saturated carbocycles. The number of hydrogen-bond acceptors (Lipinski definition) is 7. The third kappa shape index (κ3) is 12.3. The third-order valence-electron chi connectivity index (χ3n) is 4.78. The minimum atomic E-state index is -1.42. The summed E-state index contributed by atoms with van der Waals surface area (Å²) < 4.78 is 0. The highest BCUT2D eigenvalue weighted by Gasteiger charge is 2.31. The van der Waals surface area contributed by atoms with E-state index in [0.717, 1.165) is 25.7 Å². The predicted molar refractivity (Wildman–Crippen MR) is 116 cm³/mol. The molecule has 0 aliphatic rings. The van der Waals surface area contributed by atoms with E-state index in [1.807, 2.05) is 0 Å². The second-order valence-corrected chi connectivity index (χ2v) is 7.58. The van der Waals surface area contributed by atoms with Gasteiger partial charge in [-0.25, -0.2) is 4.79 Å². The number of nitrogens with two attached hydrogens (primary N) is 2. The highest BCUT2D eigenvalue weighted by atomic mass is 16.4. The zero-order valence-electron chi connectivity index (χ0n) is 18.6. The topological polar surface area (TPSA) is 197 Å². The van der Waals surface area contributed by atoms with Crippen LogP contribution < -0.4 is 27.4 Å². The van der Waals surface area contributed by atoms with Gasteiger partial charge in [-0.2, -0.15) is 0 Å². The molecule has 180 valence electrons. The summed E-state index contributed by atoms with van der Waals surface area (Å²) in [5.41, 5.74) is 10.8. The Morgan fingerprint density at radius 2 is 1.48 bits per heavy atom. The normalized spacial score (nSPS) is 14.7. The van der Waals surface area contributed by atoms with E-state index in [4.69, 9.17) is 16.6 Å². The summed E-state index contributed by atoms with van der Waals surface area (Å²) in [7, 11) is 0. The molecule has 31 heavy (non-hydrogen) atoms. The van der Waals surface area contributed by atoms with Crippen molar-refractivity contribution < 1.29 is 29.4 Å². The lowest BCUT2D eigenvalue weighted by molar-refractivity contribution is -0.142. The van der Waals surface area contributed by atoms with Crippen LogP contribution in [0.25, 0.3) is 0 Å². The van der Waals surface area contributed by atoms with Crippen LogP contribution in [0.3, 0.4) is 0 Å². The number of carbonyl (C=O) groups excluding carboxylic acids is 3. The van der Waals surface area contributed by atoms with Crippen molar-refractivity contribution in [2.24, 2.45) is 11.5 Å². The molecule has 0 aromatic rings. The second kappa shape index (κ2) is 16.5. The molecular formula is C20H39N5O6. The van der Waals surface area contributed by atoms with E-state index >= 15 is 0 Å². The van der Waals surface area contributed by atoms with Crippen molar-refractivity contribution in [3.8, 4) is 0 Å². The van der Waals surface area contributed by atoms with Gasteiger partial charge in [-0.3, -0.25) is 14.4 Å². The summed E-state index contributed by atoms with van der Waals surface area (Å²) in [6, 6.07) is -3.75. The van der Waals surface area contributed by atoms with Gasteiger partial charge in [0.05, 0.1) is 6.10 Å². The molecule has 0 spiro atoms. The highest BCUT2D eigenvalue weighted by molar-refractivity contribution is 5.93. The third-order valence-corrected chi connectivity index (χ3v) is 4.78. The Morgan fingerprint density at radius 3 is 2.00 bits per heavy atom. The first-order chi connectivity index (χ1) is 14.7. The summed E-state index contributed by atoms with van der Waals surface area (Å²) in [4.78, 5) is 48.2. The number of amides is 3. The Hall–Kier alpha value is -2.24. The molecule has 0 aliphatic heterocycles. The molecule has 0 unspecified atom stereocenters. The predicted octanol–water partition coefficient (Wildman–Crippen LogP) is -1.04. The zero-order chi connectivity index (χ0) is 23.8. The van der Waals surface area contributed by atoms with Gasteiger partial charge in [0.1, 0.15) is 18.1 Å². The summed E-state index contributed by atoms with van der Waals surface area (Å²) in [6.07, 6.45) is 5.24. The number of hydrogen-bond donors (Lipinski definition) is 7. The van der Waals surface area contributed by atoms with Crippen molar-refractivity contribution in [3.05, 3.63) is 0 Å². The van der Waals surface area contributed by atoms with Crippen LogP contribution in [-0.4, -0.2) is 71.2 Å². The number of carboxylic acids is 1. The fourth-order valence-electron chi connectivity index (χ4n) is 2.91. The number of nitrogens with one attached hydrogen (secondary N) is 3. The van der Waals surface area contributed by atoms with E-state index in [-0.39, 0.29) is 31.8 Å². The first-order valence-corrected chi connectivity index (χ1v) is 10.9. The van der Waals surface area contributed by atoms with Gasteiger partial charge >= 0.3 is 5.97 Å². The van der Waals surface area contributed by atoms with Gasteiger partial charge in [-0.1, -0.05) is 39.0 Å². The number of aliphatic hydroxyl groups excluding tert-OH is 1. The van der Waals surface area contributed by atoms with E-state index < -0.39 is 42.0 Å². The maximum atomic E-state index is 12.6. The number of unbranched alkanes of at least 4 members (excludes halogenated alkanes) is 5. The average Bonchev–Trinajstić information content (AvgIpc) is 2.71. The molecule has 0 rings (SSSR count). The second-order valence-electron chi connectivity index (χ2n) is 7.58. The maximum absolute atomic E-state index is 12.6. The molecule has 0 saturated heterocycles.